The summed E-state index contributed by atoms with van der Waals surface area (Å²) in [6.07, 6.45) is 18.0. The largest absolute Gasteiger partial charge is 0.393 e. The maximum absolute atomic E-state index is 11.3. The highest BCUT2D eigenvalue weighted by molar-refractivity contribution is 5.31. The Morgan fingerprint density at radius 2 is 2.12 bits per heavy atom. The number of hydrogen-bond acceptors (Lipinski definition) is 2. The third-order valence-corrected chi connectivity index (χ3v) is 8.60. The fourth-order valence-electron chi connectivity index (χ4n) is 7.35. The number of fused-ring (bicyclic) bond motifs is 4. The lowest BCUT2D eigenvalue weighted by Crippen LogP contribution is -2.54. The van der Waals surface area contributed by atoms with Crippen molar-refractivity contribution in [2.24, 2.45) is 29.1 Å². The van der Waals surface area contributed by atoms with Gasteiger partial charge in [-0.15, -0.1) is 13.0 Å². The standard InChI is InChI=1S/C24H34O2/c1-4-6-7-17-15-23(3)21(12-13-24(23,26)5-2)20-10-8-16-14-18(25)9-11-19(16)22(17)20/h2,4,17-18,20-22,25-26H,1,6-15H2,3H3/t17-,18-,20?,21?,22?,23-,24-/m0/s1. The molecule has 7 atom stereocenters. The van der Waals surface area contributed by atoms with E-state index in [-0.39, 0.29) is 11.5 Å². The van der Waals surface area contributed by atoms with Crippen molar-refractivity contribution in [1.82, 2.24) is 0 Å². The van der Waals surface area contributed by atoms with Gasteiger partial charge in [0.25, 0.3) is 0 Å². The smallest absolute Gasteiger partial charge is 0.130 e. The number of hydrogen-bond donors (Lipinski definition) is 2. The van der Waals surface area contributed by atoms with Crippen LogP contribution in [0.25, 0.3) is 0 Å². The van der Waals surface area contributed by atoms with Gasteiger partial charge in [0.15, 0.2) is 0 Å². The Hall–Kier alpha value is -1.04. The minimum absolute atomic E-state index is 0.135. The molecule has 0 aromatic carbocycles. The summed E-state index contributed by atoms with van der Waals surface area (Å²) in [4.78, 5) is 0. The molecular formula is C24H34O2. The van der Waals surface area contributed by atoms with E-state index >= 15 is 0 Å². The van der Waals surface area contributed by atoms with Crippen LogP contribution in [-0.2, 0) is 0 Å². The van der Waals surface area contributed by atoms with Crippen LogP contribution in [0.3, 0.4) is 0 Å². The molecule has 2 heteroatoms. The van der Waals surface area contributed by atoms with E-state index in [1.54, 1.807) is 11.1 Å². The Balaban J connectivity index is 1.73. The zero-order chi connectivity index (χ0) is 18.5. The van der Waals surface area contributed by atoms with Crippen LogP contribution in [0.15, 0.2) is 23.8 Å². The Labute approximate surface area is 158 Å². The fraction of sp³-hybridized carbons (Fsp3) is 0.750. The molecule has 2 saturated carbocycles. The second-order valence-corrected chi connectivity index (χ2v) is 9.65. The SMILES string of the molecule is C#C[C@]1(O)CCC2C3CCC4=C(CC[C@H](O)C4)C3[C@@H](CCC=C)C[C@@]21C. The first-order valence-electron chi connectivity index (χ1n) is 10.6. The van der Waals surface area contributed by atoms with Crippen molar-refractivity contribution in [3.8, 4) is 12.3 Å². The van der Waals surface area contributed by atoms with Gasteiger partial charge in [-0.05, 0) is 87.9 Å². The molecule has 142 valence electrons. The first-order valence-corrected chi connectivity index (χ1v) is 10.6. The molecule has 0 aliphatic heterocycles. The molecule has 2 fully saturated rings. The average molecular weight is 355 g/mol. The molecule has 2 nitrogen and oxygen atoms in total. The first kappa shape index (κ1) is 18.3. The molecular weight excluding hydrogens is 320 g/mol. The molecule has 2 N–H and O–H groups in total. The third kappa shape index (κ3) is 2.54. The first-order chi connectivity index (χ1) is 12.4. The zero-order valence-electron chi connectivity index (χ0n) is 16.2. The summed E-state index contributed by atoms with van der Waals surface area (Å²) in [5.41, 5.74) is 2.15. The Morgan fingerprint density at radius 3 is 2.85 bits per heavy atom. The van der Waals surface area contributed by atoms with Crippen molar-refractivity contribution >= 4 is 0 Å². The Morgan fingerprint density at radius 1 is 1.31 bits per heavy atom. The van der Waals surface area contributed by atoms with Gasteiger partial charge in [0, 0.05) is 5.41 Å². The van der Waals surface area contributed by atoms with Crippen molar-refractivity contribution in [3.63, 3.8) is 0 Å². The lowest BCUT2D eigenvalue weighted by atomic mass is 9.48. The number of aliphatic hydroxyl groups excluding tert-OH is 1. The van der Waals surface area contributed by atoms with Crippen LogP contribution in [0, 0.1) is 41.4 Å². The predicted octanol–water partition coefficient (Wildman–Crippen LogP) is 4.62. The van der Waals surface area contributed by atoms with E-state index in [0.29, 0.717) is 23.7 Å². The summed E-state index contributed by atoms with van der Waals surface area (Å²) < 4.78 is 0. The van der Waals surface area contributed by atoms with E-state index in [1.165, 1.54) is 6.42 Å². The van der Waals surface area contributed by atoms with Gasteiger partial charge >= 0.3 is 0 Å². The summed E-state index contributed by atoms with van der Waals surface area (Å²) in [5.74, 6) is 5.22. The van der Waals surface area contributed by atoms with Gasteiger partial charge < -0.3 is 10.2 Å². The van der Waals surface area contributed by atoms with Crippen molar-refractivity contribution in [2.75, 3.05) is 0 Å². The molecule has 3 unspecified atom stereocenters. The molecule has 26 heavy (non-hydrogen) atoms. The summed E-state index contributed by atoms with van der Waals surface area (Å²) in [5, 5.41) is 21.4. The van der Waals surface area contributed by atoms with Crippen molar-refractivity contribution in [1.29, 1.82) is 0 Å². The third-order valence-electron chi connectivity index (χ3n) is 8.60. The van der Waals surface area contributed by atoms with Gasteiger partial charge in [-0.2, -0.15) is 0 Å². The molecule has 0 radical (unpaired) electrons. The number of aliphatic hydroxyl groups is 2. The van der Waals surface area contributed by atoms with Crippen molar-refractivity contribution in [2.45, 2.75) is 82.8 Å². The molecule has 0 bridgehead atoms. The van der Waals surface area contributed by atoms with Crippen LogP contribution < -0.4 is 0 Å². The van der Waals surface area contributed by atoms with E-state index in [4.69, 9.17) is 6.42 Å². The van der Waals surface area contributed by atoms with Gasteiger partial charge in [-0.3, -0.25) is 0 Å². The maximum atomic E-state index is 11.3. The fourth-order valence-corrected chi connectivity index (χ4v) is 7.35. The molecule has 0 saturated heterocycles. The van der Waals surface area contributed by atoms with Gasteiger partial charge in [-0.1, -0.05) is 30.1 Å². The highest BCUT2D eigenvalue weighted by Gasteiger charge is 2.63. The van der Waals surface area contributed by atoms with Gasteiger partial charge in [0.05, 0.1) is 6.10 Å². The predicted molar refractivity (Wildman–Crippen MR) is 105 cm³/mol. The topological polar surface area (TPSA) is 40.5 Å². The normalized spacial score (nSPS) is 47.5. The minimum atomic E-state index is -0.938. The summed E-state index contributed by atoms with van der Waals surface area (Å²) in [7, 11) is 0. The second kappa shape index (κ2) is 6.54. The Kier molecular flexibility index (Phi) is 4.61. The van der Waals surface area contributed by atoms with Crippen LogP contribution >= 0.6 is 0 Å². The van der Waals surface area contributed by atoms with Crippen LogP contribution in [0.2, 0.25) is 0 Å². The Bertz CT molecular complexity index is 656. The van der Waals surface area contributed by atoms with Crippen LogP contribution in [-0.4, -0.2) is 21.9 Å². The monoisotopic (exact) mass is 354 g/mol. The van der Waals surface area contributed by atoms with E-state index in [9.17, 15) is 10.2 Å². The second-order valence-electron chi connectivity index (χ2n) is 9.65. The average Bonchev–Trinajstić information content (AvgIpc) is 2.90. The number of terminal acetylenes is 1. The van der Waals surface area contributed by atoms with Crippen molar-refractivity contribution < 1.29 is 10.2 Å². The quantitative estimate of drug-likeness (QED) is 0.573. The molecule has 4 aliphatic rings. The molecule has 0 aromatic heterocycles. The zero-order valence-corrected chi connectivity index (χ0v) is 16.2. The van der Waals surface area contributed by atoms with E-state index < -0.39 is 5.60 Å². The van der Waals surface area contributed by atoms with Gasteiger partial charge in [-0.25, -0.2) is 0 Å². The van der Waals surface area contributed by atoms with E-state index in [2.05, 4.69) is 19.4 Å². The van der Waals surface area contributed by atoms with Gasteiger partial charge in [0.1, 0.15) is 5.60 Å². The molecule has 0 aromatic rings. The van der Waals surface area contributed by atoms with Crippen LogP contribution in [0.5, 0.6) is 0 Å². The number of rotatable bonds is 3. The lowest BCUT2D eigenvalue weighted by molar-refractivity contribution is -0.0943. The maximum Gasteiger partial charge on any atom is 0.130 e. The highest BCUT2D eigenvalue weighted by atomic mass is 16.3. The minimum Gasteiger partial charge on any atom is -0.393 e. The molecule has 0 amide bonds. The summed E-state index contributed by atoms with van der Waals surface area (Å²) >= 11 is 0. The van der Waals surface area contributed by atoms with Crippen LogP contribution in [0.1, 0.15) is 71.1 Å². The van der Waals surface area contributed by atoms with Crippen LogP contribution in [0.4, 0.5) is 0 Å². The number of allylic oxidation sites excluding steroid dienone is 2. The highest BCUT2D eigenvalue weighted by Crippen LogP contribution is 2.66. The molecule has 0 spiro atoms. The van der Waals surface area contributed by atoms with Gasteiger partial charge in [0.2, 0.25) is 0 Å². The van der Waals surface area contributed by atoms with E-state index in [1.807, 2.05) is 6.08 Å². The lowest BCUT2D eigenvalue weighted by Gasteiger charge is -2.56. The van der Waals surface area contributed by atoms with Crippen molar-refractivity contribution in [3.05, 3.63) is 23.8 Å². The molecule has 4 aliphatic carbocycles. The molecule has 4 rings (SSSR count). The molecule has 0 heterocycles. The summed E-state index contributed by atoms with van der Waals surface area (Å²) in [6, 6.07) is 0. The van der Waals surface area contributed by atoms with E-state index in [0.717, 1.165) is 57.8 Å². The summed E-state index contributed by atoms with van der Waals surface area (Å²) in [6.45, 7) is 6.22.